The van der Waals surface area contributed by atoms with Crippen LogP contribution in [0.1, 0.15) is 376 Å². The Morgan fingerprint density at radius 2 is 0.480 bits per heavy atom. The molecule has 0 amide bonds. The van der Waals surface area contributed by atoms with Crippen LogP contribution < -0.4 is 0 Å². The molecule has 16 rings (SSSR count). The third-order valence-electron chi connectivity index (χ3n) is 30.6. The first-order valence-electron chi connectivity index (χ1n) is 50.7. The van der Waals surface area contributed by atoms with Crippen LogP contribution in [0.15, 0.2) is 224 Å². The number of fused-ring (bicyclic) bond motifs is 15. The topological polar surface area (TPSA) is 9.86 Å². The number of rotatable bonds is 49. The lowest BCUT2D eigenvalue weighted by Gasteiger charge is -2.34. The van der Waals surface area contributed by atoms with Crippen LogP contribution in [0.2, 0.25) is 0 Å². The van der Waals surface area contributed by atoms with Crippen LogP contribution in [0.5, 0.6) is 0 Å². The molecule has 0 saturated heterocycles. The molecule has 0 N–H and O–H groups in total. The second-order valence-corrected chi connectivity index (χ2v) is 38.7. The molecule has 1 atom stereocenters. The second-order valence-electron chi connectivity index (χ2n) is 38.7. The van der Waals surface area contributed by atoms with Gasteiger partial charge in [-0.2, -0.15) is 0 Å². The molecular formula is C121H148N2. The Bertz CT molecular complexity index is 5580. The summed E-state index contributed by atoms with van der Waals surface area (Å²) < 4.78 is 5.32. The van der Waals surface area contributed by atoms with Crippen molar-refractivity contribution in [1.29, 1.82) is 0 Å². The maximum absolute atomic E-state index is 2.76. The summed E-state index contributed by atoms with van der Waals surface area (Å²) in [7, 11) is 0. The molecule has 0 fully saturated rings. The number of unbranched alkanes of at least 4 members (excludes halogenated alkanes) is 30. The van der Waals surface area contributed by atoms with Crippen LogP contribution in [0, 0.1) is 0 Å². The SMILES string of the molecule is CCCCCCCCC1(CCCCCCCC)c2cc(-c3ccccc3)ccc2-c2ccc(-c3ccc(-n4c5ccccc5c5cc6c(cc54)C(CCCCCCCC)(CCCCCCCC)c4cc5c(cc4-6)c4ccccc4n5-c4ccc(-c5ccc6c(c5)C(CCCCCCCC)(CCCCCCCC)c5cc(C(C)CC)ccc5-6)cc4)cc3)cc21. The van der Waals surface area contributed by atoms with Crippen molar-refractivity contribution in [1.82, 2.24) is 9.13 Å². The van der Waals surface area contributed by atoms with Gasteiger partial charge in [-0.3, -0.25) is 0 Å². The number of benzene rings is 11. The van der Waals surface area contributed by atoms with E-state index in [4.69, 9.17) is 0 Å². The molecule has 3 aliphatic rings. The van der Waals surface area contributed by atoms with Gasteiger partial charge in [0.2, 0.25) is 0 Å². The van der Waals surface area contributed by atoms with E-state index in [1.54, 1.807) is 33.4 Å². The molecule has 0 saturated carbocycles. The van der Waals surface area contributed by atoms with Gasteiger partial charge >= 0.3 is 0 Å². The van der Waals surface area contributed by atoms with Crippen LogP contribution >= 0.6 is 0 Å². The monoisotopic (exact) mass is 1630 g/mol. The first-order valence-corrected chi connectivity index (χ1v) is 50.7. The lowest BCUT2D eigenvalue weighted by Crippen LogP contribution is -2.26. The van der Waals surface area contributed by atoms with Crippen LogP contribution in [-0.2, 0) is 16.2 Å². The Labute approximate surface area is 743 Å². The Hall–Kier alpha value is -8.98. The first-order chi connectivity index (χ1) is 60.6. The zero-order chi connectivity index (χ0) is 84.5. The van der Waals surface area contributed by atoms with Crippen molar-refractivity contribution in [2.24, 2.45) is 0 Å². The molecule has 2 nitrogen and oxygen atoms in total. The van der Waals surface area contributed by atoms with Crippen molar-refractivity contribution in [2.75, 3.05) is 0 Å². The van der Waals surface area contributed by atoms with Gasteiger partial charge in [0.15, 0.2) is 0 Å². The number of para-hydroxylation sites is 2. The molecule has 642 valence electrons. The highest BCUT2D eigenvalue weighted by molar-refractivity contribution is 6.15. The molecule has 0 spiro atoms. The lowest BCUT2D eigenvalue weighted by atomic mass is 9.69. The van der Waals surface area contributed by atoms with Crippen LogP contribution in [0.4, 0.5) is 0 Å². The molecule has 123 heavy (non-hydrogen) atoms. The maximum atomic E-state index is 2.76. The smallest absolute Gasteiger partial charge is 0.0544 e. The molecule has 2 aromatic heterocycles. The van der Waals surface area contributed by atoms with E-state index >= 15 is 0 Å². The van der Waals surface area contributed by atoms with Gasteiger partial charge in [-0.05, 0) is 235 Å². The highest BCUT2D eigenvalue weighted by atomic mass is 15.0. The standard InChI is InChI=1S/C121H148N2/c1-9-16-22-28-34-47-75-119(76-48-35-29-23-17-10-2)109-81-93(89(8)15-7)63-71-99(109)100-73-65-95(83-111(100)119)91-59-67-97(68-60-91)122-115-57-45-43-55-103(115)107-85-105-106-86-108-104-56-44-46-58-116(104)123(118(108)88-114(106)121(113(105)87-117(107)122,79-51-38-32-26-20-13-5)80-52-39-33-27-21-14-6)98-69-61-92(62-70-98)96-66-74-102-101-72-64-94(90-53-41-40-42-54-90)82-110(101)120(112(102)84-96,77-49-36-30-24-18-11-3)78-50-37-31-25-19-12-4/h40-46,53-74,81-89H,9-39,47-52,75-80H2,1-8H3. The van der Waals surface area contributed by atoms with Gasteiger partial charge in [0.25, 0.3) is 0 Å². The van der Waals surface area contributed by atoms with Gasteiger partial charge in [-0.15, -0.1) is 0 Å². The van der Waals surface area contributed by atoms with Crippen molar-refractivity contribution in [3.63, 3.8) is 0 Å². The molecular weight excluding hydrogens is 1480 g/mol. The highest BCUT2D eigenvalue weighted by Gasteiger charge is 2.47. The fraction of sp³-hybridized carbons (Fsp3) is 0.455. The zero-order valence-corrected chi connectivity index (χ0v) is 77.2. The summed E-state index contributed by atoms with van der Waals surface area (Å²) in [6.45, 7) is 19.0. The highest BCUT2D eigenvalue weighted by Crippen LogP contribution is 2.61. The number of hydrogen-bond donors (Lipinski definition) is 0. The minimum Gasteiger partial charge on any atom is -0.309 e. The third kappa shape index (κ3) is 18.2. The van der Waals surface area contributed by atoms with Crippen molar-refractivity contribution in [3.05, 3.63) is 263 Å². The van der Waals surface area contributed by atoms with E-state index in [-0.39, 0.29) is 16.2 Å². The molecule has 0 bridgehead atoms. The van der Waals surface area contributed by atoms with Gasteiger partial charge < -0.3 is 9.13 Å². The van der Waals surface area contributed by atoms with Crippen molar-refractivity contribution in [3.8, 4) is 78.1 Å². The molecule has 3 aliphatic carbocycles. The summed E-state index contributed by atoms with van der Waals surface area (Å²) in [5.74, 6) is 0.542. The predicted octanol–water partition coefficient (Wildman–Crippen LogP) is 37.7. The van der Waals surface area contributed by atoms with E-state index in [1.807, 2.05) is 0 Å². The molecule has 2 heteroatoms. The number of aromatic nitrogens is 2. The first kappa shape index (κ1) is 87.5. The molecule has 1 unspecified atom stereocenters. The maximum Gasteiger partial charge on any atom is 0.0544 e. The zero-order valence-electron chi connectivity index (χ0n) is 77.2. The van der Waals surface area contributed by atoms with Gasteiger partial charge in [-0.25, -0.2) is 0 Å². The fourth-order valence-electron chi connectivity index (χ4n) is 23.5. The molecule has 0 radical (unpaired) electrons. The third-order valence-corrected chi connectivity index (χ3v) is 30.6. The van der Waals surface area contributed by atoms with E-state index in [9.17, 15) is 0 Å². The van der Waals surface area contributed by atoms with E-state index in [0.717, 1.165) is 19.3 Å². The molecule has 13 aromatic rings. The van der Waals surface area contributed by atoms with Crippen molar-refractivity contribution >= 4 is 43.6 Å². The Morgan fingerprint density at radius 3 is 0.805 bits per heavy atom. The summed E-state index contributed by atoms with van der Waals surface area (Å²) in [6.07, 6.45) is 55.4. The number of hydrogen-bond acceptors (Lipinski definition) is 0. The van der Waals surface area contributed by atoms with Gasteiger partial charge in [-0.1, -0.05) is 432 Å². The average Bonchev–Trinajstić information content (AvgIpc) is 1.53. The second kappa shape index (κ2) is 41.4. The normalized spacial score (nSPS) is 14.1. The van der Waals surface area contributed by atoms with Crippen molar-refractivity contribution in [2.45, 2.75) is 354 Å². The van der Waals surface area contributed by atoms with Gasteiger partial charge in [0.05, 0.1) is 22.1 Å². The minimum atomic E-state index is -0.170. The quantitative estimate of drug-likeness (QED) is 0.0336. The summed E-state index contributed by atoms with van der Waals surface area (Å²) in [6, 6.07) is 91.2. The fourth-order valence-corrected chi connectivity index (χ4v) is 23.5. The largest absolute Gasteiger partial charge is 0.309 e. The predicted molar refractivity (Wildman–Crippen MR) is 537 cm³/mol. The van der Waals surface area contributed by atoms with Crippen molar-refractivity contribution < 1.29 is 0 Å². The Balaban J connectivity index is 0.790. The molecule has 11 aromatic carbocycles. The Morgan fingerprint density at radius 1 is 0.211 bits per heavy atom. The summed E-state index contributed by atoms with van der Waals surface area (Å²) in [4.78, 5) is 0. The molecule has 2 heterocycles. The van der Waals surface area contributed by atoms with E-state index < -0.39 is 0 Å². The average molecular weight is 1630 g/mol. The van der Waals surface area contributed by atoms with Crippen LogP contribution in [0.25, 0.3) is 122 Å². The Kier molecular flexibility index (Phi) is 29.5. The van der Waals surface area contributed by atoms with Crippen LogP contribution in [-0.4, -0.2) is 9.13 Å². The summed E-state index contributed by atoms with van der Waals surface area (Å²) in [5.41, 5.74) is 35.2. The van der Waals surface area contributed by atoms with Gasteiger partial charge in [0, 0.05) is 49.2 Å². The van der Waals surface area contributed by atoms with E-state index in [1.165, 1.54) is 384 Å². The summed E-state index contributed by atoms with van der Waals surface area (Å²) in [5, 5.41) is 5.36. The minimum absolute atomic E-state index is 0.0149. The number of nitrogens with zero attached hydrogens (tertiary/aromatic N) is 2. The van der Waals surface area contributed by atoms with Crippen LogP contribution in [0.3, 0.4) is 0 Å². The van der Waals surface area contributed by atoms with E-state index in [2.05, 4.69) is 289 Å². The lowest BCUT2D eigenvalue weighted by molar-refractivity contribution is 0.397. The summed E-state index contributed by atoms with van der Waals surface area (Å²) >= 11 is 0. The van der Waals surface area contributed by atoms with E-state index in [0.29, 0.717) is 5.92 Å². The van der Waals surface area contributed by atoms with Gasteiger partial charge in [0.1, 0.15) is 0 Å². The molecule has 0 aliphatic heterocycles.